The molecule has 0 radical (unpaired) electrons. The summed E-state index contributed by atoms with van der Waals surface area (Å²) < 4.78 is 0. The summed E-state index contributed by atoms with van der Waals surface area (Å²) in [5.41, 5.74) is 2.34. The molecule has 2 rings (SSSR count). The topological polar surface area (TPSA) is 149 Å². The van der Waals surface area contributed by atoms with Crippen molar-refractivity contribution in [3.8, 4) is 0 Å². The van der Waals surface area contributed by atoms with Gasteiger partial charge in [-0.25, -0.2) is 4.79 Å². The second kappa shape index (κ2) is 4.35. The molecule has 0 aliphatic carbocycles. The lowest BCUT2D eigenvalue weighted by molar-refractivity contribution is -0.142. The fourth-order valence-electron chi connectivity index (χ4n) is 1.92. The third-order valence-corrected chi connectivity index (χ3v) is 3.06. The van der Waals surface area contributed by atoms with Gasteiger partial charge in [-0.1, -0.05) is 0 Å². The van der Waals surface area contributed by atoms with E-state index in [9.17, 15) is 19.2 Å². The summed E-state index contributed by atoms with van der Waals surface area (Å²) in [5, 5.41) is 8.96. The third-order valence-electron chi connectivity index (χ3n) is 3.06. The van der Waals surface area contributed by atoms with E-state index in [-0.39, 0.29) is 25.1 Å². The maximum absolute atomic E-state index is 12.0. The highest BCUT2D eigenvalue weighted by Crippen LogP contribution is 2.20. The third kappa shape index (κ3) is 2.27. The van der Waals surface area contributed by atoms with E-state index in [1.807, 2.05) is 4.98 Å². The van der Waals surface area contributed by atoms with Gasteiger partial charge in [0.15, 0.2) is 0 Å². The number of carboxylic acids is 1. The molecule has 1 aromatic rings. The summed E-state index contributed by atoms with van der Waals surface area (Å²) in [6, 6.07) is 0. The molecular formula is C10H12N4O5. The molecule has 1 saturated heterocycles. The standard InChI is InChI=1S/C10H12N4O5/c11-10(8(17)18)1-2-14(4-10)7(16)5-3-12-9(19)13-6(5)15/h3H,1-2,4,11H2,(H,17,18)(H2,12,13,15,19). The quantitative estimate of drug-likeness (QED) is 0.473. The van der Waals surface area contributed by atoms with Crippen LogP contribution in [0.15, 0.2) is 15.8 Å². The summed E-state index contributed by atoms with van der Waals surface area (Å²) in [6.45, 7) is -0.0417. The highest BCUT2D eigenvalue weighted by atomic mass is 16.4. The number of H-pyrrole nitrogens is 2. The number of nitrogens with zero attached hydrogens (tertiary/aromatic N) is 1. The summed E-state index contributed by atoms with van der Waals surface area (Å²) in [5.74, 6) is -1.86. The normalized spacial score (nSPS) is 22.5. The molecule has 1 aromatic heterocycles. The van der Waals surface area contributed by atoms with E-state index in [4.69, 9.17) is 10.8 Å². The van der Waals surface area contributed by atoms with Crippen LogP contribution in [0.1, 0.15) is 16.8 Å². The Morgan fingerprint density at radius 3 is 2.63 bits per heavy atom. The first kappa shape index (κ1) is 13.0. The number of hydrogen-bond acceptors (Lipinski definition) is 5. The summed E-state index contributed by atoms with van der Waals surface area (Å²) in [4.78, 5) is 50.6. The molecule has 0 aromatic carbocycles. The molecule has 0 bridgehead atoms. The first-order valence-corrected chi connectivity index (χ1v) is 5.47. The predicted molar refractivity (Wildman–Crippen MR) is 62.8 cm³/mol. The Kier molecular flexibility index (Phi) is 2.98. The number of carbonyl (C=O) groups is 2. The smallest absolute Gasteiger partial charge is 0.325 e. The van der Waals surface area contributed by atoms with Crippen molar-refractivity contribution in [1.29, 1.82) is 0 Å². The van der Waals surface area contributed by atoms with Crippen molar-refractivity contribution in [3.05, 3.63) is 32.6 Å². The van der Waals surface area contributed by atoms with Crippen molar-refractivity contribution in [3.63, 3.8) is 0 Å². The van der Waals surface area contributed by atoms with E-state index in [0.717, 1.165) is 6.20 Å². The molecule has 1 aliphatic rings. The molecule has 1 amide bonds. The Bertz CT molecular complexity index is 648. The molecule has 1 unspecified atom stereocenters. The first-order valence-electron chi connectivity index (χ1n) is 5.47. The minimum atomic E-state index is -1.50. The zero-order chi connectivity index (χ0) is 14.2. The largest absolute Gasteiger partial charge is 0.480 e. The van der Waals surface area contributed by atoms with Crippen LogP contribution in [-0.4, -0.2) is 50.5 Å². The SMILES string of the molecule is NC1(C(=O)O)CCN(C(=O)c2c[nH]c(=O)[nH]c2=O)C1. The first-order chi connectivity index (χ1) is 8.83. The molecule has 1 atom stereocenters. The molecule has 9 heteroatoms. The van der Waals surface area contributed by atoms with Gasteiger partial charge in [0, 0.05) is 19.3 Å². The van der Waals surface area contributed by atoms with E-state index in [2.05, 4.69) is 4.98 Å². The number of rotatable bonds is 2. The van der Waals surface area contributed by atoms with Crippen LogP contribution in [0.5, 0.6) is 0 Å². The number of likely N-dealkylation sites (tertiary alicyclic amines) is 1. The minimum Gasteiger partial charge on any atom is -0.480 e. The molecular weight excluding hydrogens is 256 g/mol. The van der Waals surface area contributed by atoms with E-state index < -0.39 is 28.7 Å². The van der Waals surface area contributed by atoms with Gasteiger partial charge in [0.1, 0.15) is 11.1 Å². The van der Waals surface area contributed by atoms with Crippen LogP contribution in [0.2, 0.25) is 0 Å². The highest BCUT2D eigenvalue weighted by molar-refractivity contribution is 5.94. The van der Waals surface area contributed by atoms with Gasteiger partial charge in [-0.15, -0.1) is 0 Å². The number of aliphatic carboxylic acids is 1. The number of aromatic amines is 2. The maximum Gasteiger partial charge on any atom is 0.325 e. The molecule has 1 aliphatic heterocycles. The van der Waals surface area contributed by atoms with Gasteiger partial charge in [0.05, 0.1) is 0 Å². The fourth-order valence-corrected chi connectivity index (χ4v) is 1.92. The number of nitrogens with two attached hydrogens (primary N) is 1. The van der Waals surface area contributed by atoms with Gasteiger partial charge in [-0.05, 0) is 6.42 Å². The minimum absolute atomic E-state index is 0.106. The Morgan fingerprint density at radius 1 is 1.42 bits per heavy atom. The summed E-state index contributed by atoms with van der Waals surface area (Å²) >= 11 is 0. The predicted octanol–water partition coefficient (Wildman–Crippen LogP) is -2.31. The lowest BCUT2D eigenvalue weighted by atomic mass is 10.0. The highest BCUT2D eigenvalue weighted by Gasteiger charge is 2.43. The zero-order valence-corrected chi connectivity index (χ0v) is 9.80. The number of carbonyl (C=O) groups excluding carboxylic acids is 1. The monoisotopic (exact) mass is 268 g/mol. The van der Waals surface area contributed by atoms with Crippen LogP contribution in [0.25, 0.3) is 0 Å². The number of nitrogens with one attached hydrogen (secondary N) is 2. The van der Waals surface area contributed by atoms with Crippen molar-refractivity contribution in [2.45, 2.75) is 12.0 Å². The molecule has 1 fully saturated rings. The van der Waals surface area contributed by atoms with Gasteiger partial charge in [0.2, 0.25) is 0 Å². The number of hydrogen-bond donors (Lipinski definition) is 4. The average molecular weight is 268 g/mol. The van der Waals surface area contributed by atoms with Gasteiger partial charge >= 0.3 is 11.7 Å². The fraction of sp³-hybridized carbons (Fsp3) is 0.400. The van der Waals surface area contributed by atoms with E-state index in [1.165, 1.54) is 4.90 Å². The Morgan fingerprint density at radius 2 is 2.11 bits per heavy atom. The van der Waals surface area contributed by atoms with Crippen molar-refractivity contribution < 1.29 is 14.7 Å². The second-order valence-corrected chi connectivity index (χ2v) is 4.42. The van der Waals surface area contributed by atoms with Gasteiger partial charge < -0.3 is 20.7 Å². The number of amides is 1. The van der Waals surface area contributed by atoms with Crippen LogP contribution in [0.3, 0.4) is 0 Å². The van der Waals surface area contributed by atoms with Crippen LogP contribution < -0.4 is 17.0 Å². The molecule has 9 nitrogen and oxygen atoms in total. The summed E-state index contributed by atoms with van der Waals surface area (Å²) in [6.07, 6.45) is 1.11. The molecule has 0 saturated carbocycles. The average Bonchev–Trinajstić information content (AvgIpc) is 2.73. The Labute approximate surface area is 106 Å². The van der Waals surface area contributed by atoms with Crippen molar-refractivity contribution in [2.75, 3.05) is 13.1 Å². The number of aromatic nitrogens is 2. The van der Waals surface area contributed by atoms with Crippen LogP contribution in [0.4, 0.5) is 0 Å². The van der Waals surface area contributed by atoms with Crippen molar-refractivity contribution >= 4 is 11.9 Å². The van der Waals surface area contributed by atoms with Gasteiger partial charge in [-0.2, -0.15) is 0 Å². The lowest BCUT2D eigenvalue weighted by Crippen LogP contribution is -2.51. The van der Waals surface area contributed by atoms with E-state index in [1.54, 1.807) is 0 Å². The Balaban J connectivity index is 2.25. The molecule has 5 N–H and O–H groups in total. The lowest BCUT2D eigenvalue weighted by Gasteiger charge is -2.19. The second-order valence-electron chi connectivity index (χ2n) is 4.42. The van der Waals surface area contributed by atoms with Crippen molar-refractivity contribution in [2.24, 2.45) is 5.73 Å². The molecule has 19 heavy (non-hydrogen) atoms. The van der Waals surface area contributed by atoms with Crippen LogP contribution in [-0.2, 0) is 4.79 Å². The van der Waals surface area contributed by atoms with Gasteiger partial charge in [-0.3, -0.25) is 19.4 Å². The van der Waals surface area contributed by atoms with E-state index in [0.29, 0.717) is 0 Å². The number of carboxylic acid groups (broad SMARTS) is 1. The van der Waals surface area contributed by atoms with Crippen LogP contribution in [0, 0.1) is 0 Å². The van der Waals surface area contributed by atoms with Crippen molar-refractivity contribution in [1.82, 2.24) is 14.9 Å². The van der Waals surface area contributed by atoms with E-state index >= 15 is 0 Å². The van der Waals surface area contributed by atoms with Gasteiger partial charge in [0.25, 0.3) is 11.5 Å². The molecule has 0 spiro atoms. The molecule has 2 heterocycles. The summed E-state index contributed by atoms with van der Waals surface area (Å²) in [7, 11) is 0. The zero-order valence-electron chi connectivity index (χ0n) is 9.80. The molecule has 102 valence electrons. The Hall–Kier alpha value is -2.42. The van der Waals surface area contributed by atoms with Crippen LogP contribution >= 0.6 is 0 Å². The maximum atomic E-state index is 12.0.